The minimum Gasteiger partial charge on any atom is -0.353 e. The SMILES string of the molecule is O=C(Cc1ccc(Cl)cc1)N1CCN(c2ccc(-c3noc(C4CCCC4)n3)cn2)CC1. The molecule has 0 atom stereocenters. The lowest BCUT2D eigenvalue weighted by Gasteiger charge is -2.35. The summed E-state index contributed by atoms with van der Waals surface area (Å²) >= 11 is 5.93. The number of amides is 1. The van der Waals surface area contributed by atoms with Crippen molar-refractivity contribution >= 4 is 23.3 Å². The Labute approximate surface area is 192 Å². The number of aromatic nitrogens is 3. The predicted molar refractivity (Wildman–Crippen MR) is 123 cm³/mol. The standard InChI is InChI=1S/C24H26ClN5O2/c25-20-8-5-17(6-9-20)15-22(31)30-13-11-29(12-14-30)21-10-7-19(16-26-21)23-27-24(32-28-23)18-3-1-2-4-18/h5-10,16,18H,1-4,11-15H2. The van der Waals surface area contributed by atoms with Crippen LogP contribution in [0.1, 0.15) is 43.1 Å². The number of benzene rings is 1. The van der Waals surface area contributed by atoms with Gasteiger partial charge in [-0.2, -0.15) is 4.98 Å². The molecule has 3 heterocycles. The molecule has 1 aliphatic carbocycles. The average Bonchev–Trinajstić information content (AvgIpc) is 3.53. The van der Waals surface area contributed by atoms with Gasteiger partial charge in [-0.05, 0) is 42.7 Å². The molecule has 1 aromatic carbocycles. The minimum atomic E-state index is 0.144. The first-order valence-corrected chi connectivity index (χ1v) is 11.6. The molecule has 0 bridgehead atoms. The van der Waals surface area contributed by atoms with Crippen molar-refractivity contribution in [2.24, 2.45) is 0 Å². The summed E-state index contributed by atoms with van der Waals surface area (Å²) in [7, 11) is 0. The van der Waals surface area contributed by atoms with E-state index in [1.165, 1.54) is 12.8 Å². The highest BCUT2D eigenvalue weighted by molar-refractivity contribution is 6.30. The molecule has 1 saturated heterocycles. The number of hydrogen-bond acceptors (Lipinski definition) is 6. The summed E-state index contributed by atoms with van der Waals surface area (Å²) in [5, 5.41) is 4.83. The van der Waals surface area contributed by atoms with Gasteiger partial charge in [0.2, 0.25) is 17.6 Å². The van der Waals surface area contributed by atoms with Gasteiger partial charge in [0.1, 0.15) is 5.82 Å². The van der Waals surface area contributed by atoms with Crippen LogP contribution in [0.15, 0.2) is 47.1 Å². The van der Waals surface area contributed by atoms with E-state index in [9.17, 15) is 4.79 Å². The maximum atomic E-state index is 12.6. The van der Waals surface area contributed by atoms with E-state index in [1.807, 2.05) is 41.3 Å². The highest BCUT2D eigenvalue weighted by Gasteiger charge is 2.24. The van der Waals surface area contributed by atoms with E-state index in [4.69, 9.17) is 16.1 Å². The normalized spacial score (nSPS) is 17.2. The Hall–Kier alpha value is -2.93. The van der Waals surface area contributed by atoms with Gasteiger partial charge in [0.25, 0.3) is 0 Å². The minimum absolute atomic E-state index is 0.144. The lowest BCUT2D eigenvalue weighted by molar-refractivity contribution is -0.130. The van der Waals surface area contributed by atoms with E-state index in [0.717, 1.165) is 48.8 Å². The van der Waals surface area contributed by atoms with Gasteiger partial charge in [-0.1, -0.05) is 41.7 Å². The van der Waals surface area contributed by atoms with Crippen molar-refractivity contribution in [1.29, 1.82) is 0 Å². The van der Waals surface area contributed by atoms with Crippen molar-refractivity contribution in [1.82, 2.24) is 20.0 Å². The van der Waals surface area contributed by atoms with Gasteiger partial charge < -0.3 is 14.3 Å². The number of nitrogens with zero attached hydrogens (tertiary/aromatic N) is 5. The largest absolute Gasteiger partial charge is 0.353 e. The first kappa shape index (κ1) is 20.9. The number of carbonyl (C=O) groups is 1. The third-order valence-corrected chi connectivity index (χ3v) is 6.63. The summed E-state index contributed by atoms with van der Waals surface area (Å²) in [6, 6.07) is 11.4. The van der Waals surface area contributed by atoms with Gasteiger partial charge in [0.05, 0.1) is 6.42 Å². The molecule has 1 aliphatic heterocycles. The lowest BCUT2D eigenvalue weighted by atomic mass is 10.1. The summed E-state index contributed by atoms with van der Waals surface area (Å²) in [6.45, 7) is 2.89. The molecule has 1 saturated carbocycles. The van der Waals surface area contributed by atoms with E-state index < -0.39 is 0 Å². The van der Waals surface area contributed by atoms with Crippen LogP contribution in [0, 0.1) is 0 Å². The van der Waals surface area contributed by atoms with E-state index in [0.29, 0.717) is 36.3 Å². The zero-order valence-corrected chi connectivity index (χ0v) is 18.7. The molecule has 5 rings (SSSR count). The van der Waals surface area contributed by atoms with Crippen LogP contribution in [0.3, 0.4) is 0 Å². The molecule has 3 aromatic rings. The predicted octanol–water partition coefficient (Wildman–Crippen LogP) is 4.33. The van der Waals surface area contributed by atoms with Crippen LogP contribution in [0.5, 0.6) is 0 Å². The van der Waals surface area contributed by atoms with E-state index in [-0.39, 0.29) is 5.91 Å². The highest BCUT2D eigenvalue weighted by atomic mass is 35.5. The van der Waals surface area contributed by atoms with Crippen LogP contribution < -0.4 is 4.90 Å². The number of anilines is 1. The Morgan fingerprint density at radius 2 is 1.78 bits per heavy atom. The second-order valence-corrected chi connectivity index (χ2v) is 8.95. The van der Waals surface area contributed by atoms with Crippen molar-refractivity contribution in [3.8, 4) is 11.4 Å². The molecule has 7 nitrogen and oxygen atoms in total. The number of hydrogen-bond donors (Lipinski definition) is 0. The van der Waals surface area contributed by atoms with Crippen molar-refractivity contribution in [3.05, 3.63) is 59.1 Å². The molecule has 2 fully saturated rings. The Bertz CT molecular complexity index is 1050. The van der Waals surface area contributed by atoms with Crippen LogP contribution in [-0.4, -0.2) is 52.1 Å². The second-order valence-electron chi connectivity index (χ2n) is 8.51. The Morgan fingerprint density at radius 3 is 2.47 bits per heavy atom. The van der Waals surface area contributed by atoms with Crippen LogP contribution in [0.25, 0.3) is 11.4 Å². The summed E-state index contributed by atoms with van der Waals surface area (Å²) < 4.78 is 5.49. The summed E-state index contributed by atoms with van der Waals surface area (Å²) in [5.74, 6) is 2.80. The van der Waals surface area contributed by atoms with Crippen molar-refractivity contribution in [2.45, 2.75) is 38.0 Å². The Balaban J connectivity index is 1.16. The van der Waals surface area contributed by atoms with Gasteiger partial charge in [-0.3, -0.25) is 4.79 Å². The molecule has 0 spiro atoms. The molecule has 166 valence electrons. The molecule has 0 N–H and O–H groups in total. The monoisotopic (exact) mass is 451 g/mol. The van der Waals surface area contributed by atoms with Crippen molar-refractivity contribution in [2.75, 3.05) is 31.1 Å². The van der Waals surface area contributed by atoms with Gasteiger partial charge in [0, 0.05) is 48.9 Å². The zero-order valence-electron chi connectivity index (χ0n) is 17.9. The Morgan fingerprint density at radius 1 is 1.03 bits per heavy atom. The third-order valence-electron chi connectivity index (χ3n) is 6.38. The van der Waals surface area contributed by atoms with Crippen LogP contribution in [0.2, 0.25) is 5.02 Å². The maximum Gasteiger partial charge on any atom is 0.230 e. The number of rotatable bonds is 5. The molecular formula is C24H26ClN5O2. The van der Waals surface area contributed by atoms with Gasteiger partial charge in [0.15, 0.2) is 0 Å². The molecular weight excluding hydrogens is 426 g/mol. The van der Waals surface area contributed by atoms with Gasteiger partial charge in [-0.15, -0.1) is 0 Å². The van der Waals surface area contributed by atoms with Crippen LogP contribution >= 0.6 is 11.6 Å². The van der Waals surface area contributed by atoms with Crippen LogP contribution in [-0.2, 0) is 11.2 Å². The van der Waals surface area contributed by atoms with Crippen molar-refractivity contribution < 1.29 is 9.32 Å². The molecule has 0 radical (unpaired) electrons. The third kappa shape index (κ3) is 4.63. The first-order chi connectivity index (χ1) is 15.7. The smallest absolute Gasteiger partial charge is 0.230 e. The zero-order chi connectivity index (χ0) is 21.9. The van der Waals surface area contributed by atoms with E-state index in [1.54, 1.807) is 6.20 Å². The molecule has 0 unspecified atom stereocenters. The fourth-order valence-corrected chi connectivity index (χ4v) is 4.60. The fraction of sp³-hybridized carbons (Fsp3) is 0.417. The summed E-state index contributed by atoms with van der Waals surface area (Å²) in [6.07, 6.45) is 6.94. The topological polar surface area (TPSA) is 75.4 Å². The maximum absolute atomic E-state index is 12.6. The molecule has 2 aromatic heterocycles. The molecule has 8 heteroatoms. The van der Waals surface area contributed by atoms with Gasteiger partial charge >= 0.3 is 0 Å². The Kier molecular flexibility index (Phi) is 6.08. The van der Waals surface area contributed by atoms with Gasteiger partial charge in [-0.25, -0.2) is 4.98 Å². The second kappa shape index (κ2) is 9.28. The number of pyridine rings is 1. The summed E-state index contributed by atoms with van der Waals surface area (Å²) in [4.78, 5) is 26.0. The van der Waals surface area contributed by atoms with Crippen molar-refractivity contribution in [3.63, 3.8) is 0 Å². The first-order valence-electron chi connectivity index (χ1n) is 11.2. The number of carbonyl (C=O) groups excluding carboxylic acids is 1. The molecule has 32 heavy (non-hydrogen) atoms. The fourth-order valence-electron chi connectivity index (χ4n) is 4.47. The van der Waals surface area contributed by atoms with Crippen LogP contribution in [0.4, 0.5) is 5.82 Å². The molecule has 1 amide bonds. The van der Waals surface area contributed by atoms with E-state index >= 15 is 0 Å². The lowest BCUT2D eigenvalue weighted by Crippen LogP contribution is -2.49. The molecule has 2 aliphatic rings. The summed E-state index contributed by atoms with van der Waals surface area (Å²) in [5.41, 5.74) is 1.84. The average molecular weight is 452 g/mol. The number of piperazine rings is 1. The van der Waals surface area contributed by atoms with E-state index in [2.05, 4.69) is 20.0 Å². The quantitative estimate of drug-likeness (QED) is 0.574. The number of halogens is 1. The highest BCUT2D eigenvalue weighted by Crippen LogP contribution is 2.34.